The quantitative estimate of drug-likeness (QED) is 0.709. The van der Waals surface area contributed by atoms with Gasteiger partial charge >= 0.3 is 12.0 Å². The van der Waals surface area contributed by atoms with Crippen LogP contribution < -0.4 is 10.6 Å². The van der Waals surface area contributed by atoms with Gasteiger partial charge in [0.15, 0.2) is 0 Å². The minimum absolute atomic E-state index is 0.0829. The van der Waals surface area contributed by atoms with Crippen molar-refractivity contribution < 1.29 is 19.5 Å². The Kier molecular flexibility index (Phi) is 6.71. The topological polar surface area (TPSA) is 98.7 Å². The summed E-state index contributed by atoms with van der Waals surface area (Å²) in [4.78, 5) is 38.8. The molecule has 1 saturated heterocycles. The summed E-state index contributed by atoms with van der Waals surface area (Å²) in [5.41, 5.74) is -0.985. The van der Waals surface area contributed by atoms with E-state index < -0.39 is 35.0 Å². The lowest BCUT2D eigenvalue weighted by Gasteiger charge is -2.36. The number of carboxylic acid groups (broad SMARTS) is 1. The summed E-state index contributed by atoms with van der Waals surface area (Å²) in [6.45, 7) is 15.5. The number of hydrogen-bond donors (Lipinski definition) is 3. The standard InChI is InChI=1S/C19H35N3O4/c1-11(2)12-9-10-22(13(12)16(24)25)15(23)14(18(3,4)5)20-17(26)21-19(6,7)8/h11-14H,9-10H2,1-8H3,(H,24,25)(H2,20,21,26)/t12?,13-,14+/m0/s1. The molecule has 0 aromatic rings. The van der Waals surface area contributed by atoms with E-state index in [-0.39, 0.29) is 17.7 Å². The van der Waals surface area contributed by atoms with Gasteiger partial charge in [-0.3, -0.25) is 4.79 Å². The predicted octanol–water partition coefficient (Wildman–Crippen LogP) is 2.46. The molecule has 1 fully saturated rings. The van der Waals surface area contributed by atoms with Crippen molar-refractivity contribution in [1.29, 1.82) is 0 Å². The molecule has 0 bridgehead atoms. The predicted molar refractivity (Wildman–Crippen MR) is 101 cm³/mol. The molecule has 1 unspecified atom stereocenters. The van der Waals surface area contributed by atoms with Gasteiger partial charge < -0.3 is 20.6 Å². The number of rotatable bonds is 4. The number of hydrogen-bond acceptors (Lipinski definition) is 3. The molecular formula is C19H35N3O4. The fraction of sp³-hybridized carbons (Fsp3) is 0.842. The molecule has 3 amide bonds. The Labute approximate surface area is 156 Å². The van der Waals surface area contributed by atoms with Gasteiger partial charge in [-0.2, -0.15) is 0 Å². The SMILES string of the molecule is CC(C)C1CCN(C(=O)[C@@H](NC(=O)NC(C)(C)C)C(C)(C)C)[C@@H]1C(=O)O. The van der Waals surface area contributed by atoms with E-state index in [0.29, 0.717) is 13.0 Å². The Balaban J connectivity index is 3.06. The van der Waals surface area contributed by atoms with Gasteiger partial charge in [-0.15, -0.1) is 0 Å². The second-order valence-corrected chi connectivity index (χ2v) is 9.66. The molecule has 0 aromatic heterocycles. The molecule has 0 spiro atoms. The van der Waals surface area contributed by atoms with Crippen molar-refractivity contribution in [2.24, 2.45) is 17.3 Å². The third-order valence-corrected chi connectivity index (χ3v) is 4.71. The zero-order valence-electron chi connectivity index (χ0n) is 17.3. The molecule has 1 rings (SSSR count). The molecule has 7 nitrogen and oxygen atoms in total. The third-order valence-electron chi connectivity index (χ3n) is 4.71. The van der Waals surface area contributed by atoms with E-state index in [0.717, 1.165) is 0 Å². The molecule has 150 valence electrons. The summed E-state index contributed by atoms with van der Waals surface area (Å²) < 4.78 is 0. The molecule has 0 saturated carbocycles. The number of amides is 3. The molecule has 7 heteroatoms. The largest absolute Gasteiger partial charge is 0.480 e. The number of carboxylic acids is 1. The Morgan fingerprint density at radius 1 is 1.08 bits per heavy atom. The average Bonchev–Trinajstić information content (AvgIpc) is 2.86. The molecule has 3 atom stereocenters. The average molecular weight is 370 g/mol. The highest BCUT2D eigenvalue weighted by Gasteiger charge is 2.47. The van der Waals surface area contributed by atoms with Crippen molar-refractivity contribution in [3.8, 4) is 0 Å². The van der Waals surface area contributed by atoms with Crippen LogP contribution in [0.4, 0.5) is 4.79 Å². The summed E-state index contributed by atoms with van der Waals surface area (Å²) in [7, 11) is 0. The Bertz CT molecular complexity index is 546. The van der Waals surface area contributed by atoms with Crippen LogP contribution in [-0.4, -0.2) is 52.1 Å². The number of carbonyl (C=O) groups excluding carboxylic acids is 2. The summed E-state index contributed by atoms with van der Waals surface area (Å²) in [6.07, 6.45) is 0.658. The van der Waals surface area contributed by atoms with Crippen LogP contribution in [0.5, 0.6) is 0 Å². The first-order valence-corrected chi connectivity index (χ1v) is 9.27. The van der Waals surface area contributed by atoms with Gasteiger partial charge in [0.05, 0.1) is 0 Å². The van der Waals surface area contributed by atoms with E-state index in [2.05, 4.69) is 10.6 Å². The van der Waals surface area contributed by atoms with Crippen molar-refractivity contribution >= 4 is 17.9 Å². The van der Waals surface area contributed by atoms with Gasteiger partial charge in [0.1, 0.15) is 12.1 Å². The molecule has 0 aromatic carbocycles. The molecule has 0 radical (unpaired) electrons. The summed E-state index contributed by atoms with van der Waals surface area (Å²) in [6, 6.07) is -2.09. The van der Waals surface area contributed by atoms with Crippen molar-refractivity contribution in [3.05, 3.63) is 0 Å². The number of urea groups is 1. The normalized spacial score (nSPS) is 22.3. The first kappa shape index (κ1) is 22.3. The van der Waals surface area contributed by atoms with Crippen LogP contribution in [-0.2, 0) is 9.59 Å². The number of carbonyl (C=O) groups is 3. The Hall–Kier alpha value is -1.79. The van der Waals surface area contributed by atoms with Crippen molar-refractivity contribution in [2.45, 2.75) is 79.4 Å². The maximum absolute atomic E-state index is 13.2. The van der Waals surface area contributed by atoms with Gasteiger partial charge in [0.2, 0.25) is 5.91 Å². The Morgan fingerprint density at radius 3 is 2.00 bits per heavy atom. The molecule has 3 N–H and O–H groups in total. The van der Waals surface area contributed by atoms with E-state index in [1.54, 1.807) is 0 Å². The van der Waals surface area contributed by atoms with Crippen LogP contribution in [0, 0.1) is 17.3 Å². The monoisotopic (exact) mass is 369 g/mol. The molecule has 1 aliphatic heterocycles. The zero-order valence-corrected chi connectivity index (χ0v) is 17.3. The Morgan fingerprint density at radius 2 is 1.62 bits per heavy atom. The second kappa shape index (κ2) is 7.84. The van der Waals surface area contributed by atoms with Gasteiger partial charge in [0, 0.05) is 12.1 Å². The zero-order chi connectivity index (χ0) is 20.4. The number of aliphatic carboxylic acids is 1. The minimum Gasteiger partial charge on any atom is -0.480 e. The van der Waals surface area contributed by atoms with Crippen LogP contribution in [0.2, 0.25) is 0 Å². The molecule has 0 aliphatic carbocycles. The molecule has 1 heterocycles. The second-order valence-electron chi connectivity index (χ2n) is 9.66. The first-order chi connectivity index (χ1) is 11.6. The van der Waals surface area contributed by atoms with E-state index >= 15 is 0 Å². The minimum atomic E-state index is -0.985. The fourth-order valence-electron chi connectivity index (χ4n) is 3.40. The highest BCUT2D eigenvalue weighted by molar-refractivity contribution is 5.91. The summed E-state index contributed by atoms with van der Waals surface area (Å²) in [5, 5.41) is 15.2. The van der Waals surface area contributed by atoms with Crippen molar-refractivity contribution in [3.63, 3.8) is 0 Å². The van der Waals surface area contributed by atoms with Crippen LogP contribution >= 0.6 is 0 Å². The highest BCUT2D eigenvalue weighted by Crippen LogP contribution is 2.33. The lowest BCUT2D eigenvalue weighted by atomic mass is 9.85. The van der Waals surface area contributed by atoms with E-state index in [9.17, 15) is 19.5 Å². The van der Waals surface area contributed by atoms with Crippen molar-refractivity contribution in [1.82, 2.24) is 15.5 Å². The number of nitrogens with zero attached hydrogens (tertiary/aromatic N) is 1. The first-order valence-electron chi connectivity index (χ1n) is 9.27. The maximum atomic E-state index is 13.2. The van der Waals surface area contributed by atoms with Crippen LogP contribution in [0.15, 0.2) is 0 Å². The van der Waals surface area contributed by atoms with Crippen LogP contribution in [0.3, 0.4) is 0 Å². The highest BCUT2D eigenvalue weighted by atomic mass is 16.4. The fourth-order valence-corrected chi connectivity index (χ4v) is 3.40. The third kappa shape index (κ3) is 5.61. The maximum Gasteiger partial charge on any atom is 0.326 e. The van der Waals surface area contributed by atoms with E-state index in [4.69, 9.17) is 0 Å². The smallest absolute Gasteiger partial charge is 0.326 e. The lowest BCUT2D eigenvalue weighted by Crippen LogP contribution is -2.60. The molecular weight excluding hydrogens is 334 g/mol. The molecule has 26 heavy (non-hydrogen) atoms. The van der Waals surface area contributed by atoms with Crippen molar-refractivity contribution in [2.75, 3.05) is 6.54 Å². The van der Waals surface area contributed by atoms with E-state index in [1.165, 1.54) is 4.90 Å². The summed E-state index contributed by atoms with van der Waals surface area (Å²) >= 11 is 0. The van der Waals surface area contributed by atoms with Gasteiger partial charge in [-0.05, 0) is 44.4 Å². The van der Waals surface area contributed by atoms with Gasteiger partial charge in [-0.1, -0.05) is 34.6 Å². The van der Waals surface area contributed by atoms with Gasteiger partial charge in [-0.25, -0.2) is 9.59 Å². The molecule has 1 aliphatic rings. The summed E-state index contributed by atoms with van der Waals surface area (Å²) in [5.74, 6) is -1.24. The van der Waals surface area contributed by atoms with E-state index in [1.807, 2.05) is 55.4 Å². The van der Waals surface area contributed by atoms with Crippen LogP contribution in [0.1, 0.15) is 61.8 Å². The number of nitrogens with one attached hydrogen (secondary N) is 2. The van der Waals surface area contributed by atoms with Crippen LogP contribution in [0.25, 0.3) is 0 Å². The lowest BCUT2D eigenvalue weighted by molar-refractivity contribution is -0.151. The number of likely N-dealkylation sites (tertiary alicyclic amines) is 1. The van der Waals surface area contributed by atoms with Gasteiger partial charge in [0.25, 0.3) is 0 Å².